The van der Waals surface area contributed by atoms with Crippen molar-refractivity contribution in [3.63, 3.8) is 0 Å². The van der Waals surface area contributed by atoms with Crippen molar-refractivity contribution in [1.29, 1.82) is 0 Å². The molecule has 0 aliphatic carbocycles. The minimum atomic E-state index is -1.18. The number of hydrogen-bond acceptors (Lipinski definition) is 3. The minimum Gasteiger partial charge on any atom is -0.296 e. The standard InChI is InChI=1S/C4H6ClNO2/c1-2-3(7)4(5)6-8/h4H,2H2,1H3. The Morgan fingerprint density at radius 1 is 1.88 bits per heavy atom. The Bertz CT molecular complexity index is 104. The number of hydrogen-bond donors (Lipinski definition) is 0. The van der Waals surface area contributed by atoms with E-state index in [4.69, 9.17) is 11.6 Å². The predicted octanol–water partition coefficient (Wildman–Crippen LogP) is 1.30. The molecular formula is C4H6ClNO2. The molecule has 0 spiro atoms. The third-order valence-electron chi connectivity index (χ3n) is 0.707. The second-order valence-corrected chi connectivity index (χ2v) is 1.67. The van der Waals surface area contributed by atoms with Gasteiger partial charge in [0.15, 0.2) is 5.78 Å². The largest absolute Gasteiger partial charge is 0.296 e. The van der Waals surface area contributed by atoms with Crippen LogP contribution in [0.2, 0.25) is 0 Å². The van der Waals surface area contributed by atoms with Crippen molar-refractivity contribution in [2.75, 3.05) is 0 Å². The summed E-state index contributed by atoms with van der Waals surface area (Å²) in [5, 5.41) is 2.33. The summed E-state index contributed by atoms with van der Waals surface area (Å²) in [5.41, 5.74) is -1.18. The van der Waals surface area contributed by atoms with Crippen molar-refractivity contribution >= 4 is 17.4 Å². The molecule has 0 bridgehead atoms. The fourth-order valence-corrected chi connectivity index (χ4v) is 0.382. The lowest BCUT2D eigenvalue weighted by Gasteiger charge is -1.91. The summed E-state index contributed by atoms with van der Waals surface area (Å²) in [6.07, 6.45) is 0.264. The number of carbonyl (C=O) groups excluding carboxylic acids is 1. The number of carbonyl (C=O) groups is 1. The Hall–Kier alpha value is -0.440. The quantitative estimate of drug-likeness (QED) is 0.333. The van der Waals surface area contributed by atoms with Crippen LogP contribution >= 0.6 is 11.6 Å². The first kappa shape index (κ1) is 7.56. The molecule has 0 radical (unpaired) electrons. The molecule has 0 saturated carbocycles. The number of halogens is 1. The summed E-state index contributed by atoms with van der Waals surface area (Å²) in [5.74, 6) is -0.332. The van der Waals surface area contributed by atoms with Crippen molar-refractivity contribution in [2.45, 2.75) is 18.8 Å². The highest BCUT2D eigenvalue weighted by Crippen LogP contribution is 2.00. The van der Waals surface area contributed by atoms with Gasteiger partial charge in [-0.15, -0.1) is 4.91 Å². The Morgan fingerprint density at radius 3 is 2.50 bits per heavy atom. The van der Waals surface area contributed by atoms with E-state index in [0.717, 1.165) is 0 Å². The first-order valence-electron chi connectivity index (χ1n) is 2.21. The van der Waals surface area contributed by atoms with Gasteiger partial charge < -0.3 is 0 Å². The molecule has 0 aromatic carbocycles. The SMILES string of the molecule is CCC(=O)C(Cl)N=O. The van der Waals surface area contributed by atoms with Crippen LogP contribution in [-0.2, 0) is 4.79 Å². The average molecular weight is 136 g/mol. The van der Waals surface area contributed by atoms with E-state index in [9.17, 15) is 9.70 Å². The molecule has 46 valence electrons. The van der Waals surface area contributed by atoms with Crippen molar-refractivity contribution < 1.29 is 4.79 Å². The highest BCUT2D eigenvalue weighted by molar-refractivity contribution is 6.30. The number of alkyl halides is 1. The number of nitroso groups, excluding NO2 is 1. The molecule has 0 amide bonds. The molecule has 3 nitrogen and oxygen atoms in total. The van der Waals surface area contributed by atoms with Gasteiger partial charge in [-0.2, -0.15) is 0 Å². The molecule has 1 unspecified atom stereocenters. The summed E-state index contributed by atoms with van der Waals surface area (Å²) in [6, 6.07) is 0. The molecule has 8 heavy (non-hydrogen) atoms. The zero-order chi connectivity index (χ0) is 6.57. The van der Waals surface area contributed by atoms with E-state index in [1.807, 2.05) is 0 Å². The van der Waals surface area contributed by atoms with E-state index in [0.29, 0.717) is 0 Å². The van der Waals surface area contributed by atoms with Crippen LogP contribution in [0.5, 0.6) is 0 Å². The molecule has 1 atom stereocenters. The molecule has 4 heteroatoms. The fourth-order valence-electron chi connectivity index (χ4n) is 0.227. The Balaban J connectivity index is 3.62. The Morgan fingerprint density at radius 2 is 2.38 bits per heavy atom. The van der Waals surface area contributed by atoms with E-state index in [2.05, 4.69) is 5.18 Å². The number of ketones is 1. The molecule has 0 saturated heterocycles. The lowest BCUT2D eigenvalue weighted by atomic mass is 10.3. The summed E-state index contributed by atoms with van der Waals surface area (Å²) in [4.78, 5) is 19.8. The molecule has 0 rings (SSSR count). The van der Waals surface area contributed by atoms with Gasteiger partial charge in [-0.1, -0.05) is 18.5 Å². The maximum atomic E-state index is 10.3. The van der Waals surface area contributed by atoms with Crippen LogP contribution < -0.4 is 0 Å². The first-order chi connectivity index (χ1) is 3.72. The second-order valence-electron chi connectivity index (χ2n) is 1.26. The van der Waals surface area contributed by atoms with Crippen molar-refractivity contribution in [3.05, 3.63) is 4.91 Å². The van der Waals surface area contributed by atoms with E-state index in [1.165, 1.54) is 0 Å². The first-order valence-corrected chi connectivity index (χ1v) is 2.65. The summed E-state index contributed by atoms with van der Waals surface area (Å²) in [6.45, 7) is 1.63. The lowest BCUT2D eigenvalue weighted by Crippen LogP contribution is -2.08. The summed E-state index contributed by atoms with van der Waals surface area (Å²) < 4.78 is 0. The summed E-state index contributed by atoms with van der Waals surface area (Å²) in [7, 11) is 0. The maximum Gasteiger partial charge on any atom is 0.222 e. The third kappa shape index (κ3) is 2.02. The normalized spacial score (nSPS) is 12.8. The van der Waals surface area contributed by atoms with Crippen LogP contribution in [0.3, 0.4) is 0 Å². The van der Waals surface area contributed by atoms with E-state index >= 15 is 0 Å². The van der Waals surface area contributed by atoms with E-state index < -0.39 is 5.50 Å². The van der Waals surface area contributed by atoms with Gasteiger partial charge >= 0.3 is 0 Å². The average Bonchev–Trinajstić information content (AvgIpc) is 1.84. The van der Waals surface area contributed by atoms with Crippen LogP contribution in [0.25, 0.3) is 0 Å². The minimum absolute atomic E-state index is 0.264. The highest BCUT2D eigenvalue weighted by atomic mass is 35.5. The number of nitrogens with zero attached hydrogens (tertiary/aromatic N) is 1. The lowest BCUT2D eigenvalue weighted by molar-refractivity contribution is -0.118. The number of Topliss-reactive ketones (excluding diaryl/α,β-unsaturated/α-hetero) is 1. The van der Waals surface area contributed by atoms with Gasteiger partial charge in [0.1, 0.15) is 0 Å². The van der Waals surface area contributed by atoms with Crippen LogP contribution in [0.15, 0.2) is 5.18 Å². The zero-order valence-electron chi connectivity index (χ0n) is 4.43. The van der Waals surface area contributed by atoms with Crippen LogP contribution in [0.1, 0.15) is 13.3 Å². The molecule has 0 heterocycles. The smallest absolute Gasteiger partial charge is 0.222 e. The highest BCUT2D eigenvalue weighted by Gasteiger charge is 2.11. The van der Waals surface area contributed by atoms with Crippen molar-refractivity contribution in [3.8, 4) is 0 Å². The molecular weight excluding hydrogens is 130 g/mol. The van der Waals surface area contributed by atoms with Crippen LogP contribution in [0.4, 0.5) is 0 Å². The monoisotopic (exact) mass is 135 g/mol. The van der Waals surface area contributed by atoms with E-state index in [1.54, 1.807) is 6.92 Å². The predicted molar refractivity (Wildman–Crippen MR) is 30.7 cm³/mol. The molecule has 0 aliphatic rings. The van der Waals surface area contributed by atoms with Gasteiger partial charge in [0.05, 0.1) is 0 Å². The molecule has 0 aliphatic heterocycles. The van der Waals surface area contributed by atoms with Crippen LogP contribution in [0, 0.1) is 4.91 Å². The second kappa shape index (κ2) is 3.55. The Labute approximate surface area is 52.0 Å². The van der Waals surface area contributed by atoms with Gasteiger partial charge in [0, 0.05) is 6.42 Å². The molecule has 0 aromatic rings. The Kier molecular flexibility index (Phi) is 3.35. The topological polar surface area (TPSA) is 46.5 Å². The van der Waals surface area contributed by atoms with Gasteiger partial charge in [0.25, 0.3) is 0 Å². The zero-order valence-corrected chi connectivity index (χ0v) is 5.18. The molecule has 0 fully saturated rings. The van der Waals surface area contributed by atoms with Gasteiger partial charge in [-0.3, -0.25) is 4.79 Å². The molecule has 0 aromatic heterocycles. The molecule has 0 N–H and O–H groups in total. The summed E-state index contributed by atoms with van der Waals surface area (Å²) >= 11 is 5.09. The third-order valence-corrected chi connectivity index (χ3v) is 1.03. The van der Waals surface area contributed by atoms with Crippen LogP contribution in [-0.4, -0.2) is 11.3 Å². The van der Waals surface area contributed by atoms with Gasteiger partial charge in [-0.25, -0.2) is 0 Å². The maximum absolute atomic E-state index is 10.3. The van der Waals surface area contributed by atoms with Gasteiger partial charge in [-0.05, 0) is 5.18 Å². The van der Waals surface area contributed by atoms with E-state index in [-0.39, 0.29) is 12.2 Å². The van der Waals surface area contributed by atoms with Crippen molar-refractivity contribution in [1.82, 2.24) is 0 Å². The number of rotatable bonds is 3. The van der Waals surface area contributed by atoms with Crippen molar-refractivity contribution in [2.24, 2.45) is 5.18 Å². The fraction of sp³-hybridized carbons (Fsp3) is 0.750. The van der Waals surface area contributed by atoms with Gasteiger partial charge in [0.2, 0.25) is 5.50 Å².